The van der Waals surface area contributed by atoms with Crippen LogP contribution in [0.5, 0.6) is 0 Å². The molecule has 1 fully saturated rings. The third-order valence-corrected chi connectivity index (χ3v) is 5.73. The second-order valence-electron chi connectivity index (χ2n) is 8.52. The molecule has 0 aliphatic carbocycles. The summed E-state index contributed by atoms with van der Waals surface area (Å²) in [5.74, 6) is 1.17. The number of carbonyl (C=O) groups excluding carboxylic acids is 1. The lowest BCUT2D eigenvalue weighted by Gasteiger charge is -2.34. The fourth-order valence-electron chi connectivity index (χ4n) is 3.06. The Morgan fingerprint density at radius 3 is 2.50 bits per heavy atom. The summed E-state index contributed by atoms with van der Waals surface area (Å²) >= 11 is 1.73. The van der Waals surface area contributed by atoms with E-state index in [4.69, 9.17) is 4.98 Å². The van der Waals surface area contributed by atoms with Crippen molar-refractivity contribution in [3.63, 3.8) is 0 Å². The Balaban J connectivity index is 0.00000392. The molecule has 1 aliphatic rings. The number of piperidine rings is 1. The van der Waals surface area contributed by atoms with Crippen LogP contribution in [0.2, 0.25) is 0 Å². The molecule has 0 aromatic carbocycles. The summed E-state index contributed by atoms with van der Waals surface area (Å²) in [6.45, 7) is 12.9. The molecule has 28 heavy (non-hydrogen) atoms. The van der Waals surface area contributed by atoms with Crippen LogP contribution in [0.4, 0.5) is 0 Å². The Morgan fingerprint density at radius 1 is 1.36 bits per heavy atom. The zero-order valence-corrected chi connectivity index (χ0v) is 21.2. The number of hydrogen-bond donors (Lipinski definition) is 2. The molecule has 0 saturated carbocycles. The van der Waals surface area contributed by atoms with Crippen molar-refractivity contribution in [3.8, 4) is 0 Å². The third-order valence-electron chi connectivity index (χ3n) is 4.82. The number of likely N-dealkylation sites (tertiary alicyclic amines) is 1. The quantitative estimate of drug-likeness (QED) is 0.354. The van der Waals surface area contributed by atoms with Crippen molar-refractivity contribution in [2.45, 2.75) is 65.3 Å². The Bertz CT molecular complexity index is 645. The minimum Gasteiger partial charge on any atom is -0.356 e. The van der Waals surface area contributed by atoms with Gasteiger partial charge in [-0.1, -0.05) is 34.6 Å². The third kappa shape index (κ3) is 7.50. The first-order valence-electron chi connectivity index (χ1n) is 9.91. The molecule has 0 unspecified atom stereocenters. The second kappa shape index (κ2) is 11.3. The number of rotatable bonds is 5. The summed E-state index contributed by atoms with van der Waals surface area (Å²) in [4.78, 5) is 23.1. The van der Waals surface area contributed by atoms with Gasteiger partial charge in [0.1, 0.15) is 0 Å². The highest BCUT2D eigenvalue weighted by atomic mass is 127. The van der Waals surface area contributed by atoms with Gasteiger partial charge >= 0.3 is 0 Å². The highest BCUT2D eigenvalue weighted by molar-refractivity contribution is 14.0. The van der Waals surface area contributed by atoms with Crippen LogP contribution >= 0.6 is 35.3 Å². The molecule has 2 rings (SSSR count). The Labute approximate surface area is 191 Å². The minimum absolute atomic E-state index is 0. The largest absolute Gasteiger partial charge is 0.356 e. The van der Waals surface area contributed by atoms with Crippen LogP contribution < -0.4 is 10.6 Å². The molecule has 0 bridgehead atoms. The molecular weight excluding hydrogens is 485 g/mol. The van der Waals surface area contributed by atoms with Crippen LogP contribution in [0.1, 0.15) is 58.2 Å². The molecule has 0 spiro atoms. The molecule has 2 heterocycles. The van der Waals surface area contributed by atoms with E-state index < -0.39 is 0 Å². The van der Waals surface area contributed by atoms with Gasteiger partial charge < -0.3 is 15.5 Å². The number of amides is 1. The van der Waals surface area contributed by atoms with E-state index in [9.17, 15) is 4.79 Å². The van der Waals surface area contributed by atoms with Crippen molar-refractivity contribution >= 4 is 47.2 Å². The predicted octanol–water partition coefficient (Wildman–Crippen LogP) is 3.41. The summed E-state index contributed by atoms with van der Waals surface area (Å²) in [7, 11) is 1.80. The predicted molar refractivity (Wildman–Crippen MR) is 129 cm³/mol. The van der Waals surface area contributed by atoms with E-state index >= 15 is 0 Å². The Kier molecular flexibility index (Phi) is 10.2. The van der Waals surface area contributed by atoms with Gasteiger partial charge in [0.2, 0.25) is 5.91 Å². The monoisotopic (exact) mass is 521 g/mol. The minimum atomic E-state index is 0. The normalized spacial score (nSPS) is 16.1. The first kappa shape index (κ1) is 25.1. The first-order chi connectivity index (χ1) is 12.7. The molecule has 0 radical (unpaired) electrons. The Hall–Kier alpha value is -0.900. The standard InChI is InChI=1S/C20H35N5OS.HI/c1-14(2)18(26)25-11-8-15(9-12-25)23-19(21-6)22-10-7-17-24-16(13-27-17)20(3,4)5;/h13-15H,7-12H2,1-6H3,(H2,21,22,23);1H. The van der Waals surface area contributed by atoms with Crippen LogP contribution in [-0.4, -0.2) is 54.5 Å². The Morgan fingerprint density at radius 2 is 2.00 bits per heavy atom. The number of aromatic nitrogens is 1. The molecule has 160 valence electrons. The average Bonchev–Trinajstić information content (AvgIpc) is 3.10. The summed E-state index contributed by atoms with van der Waals surface area (Å²) < 4.78 is 0. The van der Waals surface area contributed by atoms with Crippen molar-refractivity contribution in [2.24, 2.45) is 10.9 Å². The van der Waals surface area contributed by atoms with Gasteiger partial charge in [0, 0.05) is 55.9 Å². The molecule has 1 aromatic heterocycles. The maximum atomic E-state index is 12.1. The van der Waals surface area contributed by atoms with Gasteiger partial charge in [0.15, 0.2) is 5.96 Å². The van der Waals surface area contributed by atoms with Gasteiger partial charge in [-0.25, -0.2) is 4.98 Å². The number of nitrogens with one attached hydrogen (secondary N) is 2. The lowest BCUT2D eigenvalue weighted by atomic mass is 9.93. The van der Waals surface area contributed by atoms with E-state index in [2.05, 4.69) is 41.8 Å². The molecule has 1 aliphatic heterocycles. The lowest BCUT2D eigenvalue weighted by molar-refractivity contribution is -0.135. The van der Waals surface area contributed by atoms with Crippen LogP contribution in [0.25, 0.3) is 0 Å². The topological polar surface area (TPSA) is 69.6 Å². The van der Waals surface area contributed by atoms with Gasteiger partial charge in [-0.3, -0.25) is 9.79 Å². The van der Waals surface area contributed by atoms with Gasteiger partial charge in [-0.2, -0.15) is 0 Å². The maximum Gasteiger partial charge on any atom is 0.225 e. The summed E-state index contributed by atoms with van der Waals surface area (Å²) in [6.07, 6.45) is 2.81. The lowest BCUT2D eigenvalue weighted by Crippen LogP contribution is -2.50. The molecule has 2 N–H and O–H groups in total. The molecule has 6 nitrogen and oxygen atoms in total. The molecule has 1 aromatic rings. The van der Waals surface area contributed by atoms with Crippen LogP contribution in [0.3, 0.4) is 0 Å². The van der Waals surface area contributed by atoms with Gasteiger partial charge in [0.05, 0.1) is 10.7 Å². The second-order valence-corrected chi connectivity index (χ2v) is 9.47. The number of aliphatic imine (C=N–C) groups is 1. The summed E-state index contributed by atoms with van der Waals surface area (Å²) in [5, 5.41) is 10.2. The highest BCUT2D eigenvalue weighted by Crippen LogP contribution is 2.23. The van der Waals surface area contributed by atoms with Crippen molar-refractivity contribution in [3.05, 3.63) is 16.1 Å². The van der Waals surface area contributed by atoms with Gasteiger partial charge in [-0.15, -0.1) is 35.3 Å². The highest BCUT2D eigenvalue weighted by Gasteiger charge is 2.24. The molecule has 8 heteroatoms. The first-order valence-corrected chi connectivity index (χ1v) is 10.8. The summed E-state index contributed by atoms with van der Waals surface area (Å²) in [6, 6.07) is 0.361. The zero-order valence-electron chi connectivity index (χ0n) is 18.0. The van der Waals surface area contributed by atoms with E-state index in [0.29, 0.717) is 6.04 Å². The molecular formula is C20H36IN5OS. The number of nitrogens with zero attached hydrogens (tertiary/aromatic N) is 3. The van der Waals surface area contributed by atoms with Crippen LogP contribution in [0, 0.1) is 5.92 Å². The fraction of sp³-hybridized carbons (Fsp3) is 0.750. The average molecular weight is 522 g/mol. The van der Waals surface area contributed by atoms with Gasteiger partial charge in [0.25, 0.3) is 0 Å². The van der Waals surface area contributed by atoms with Crippen LogP contribution in [-0.2, 0) is 16.6 Å². The van der Waals surface area contributed by atoms with Crippen molar-refractivity contribution in [2.75, 3.05) is 26.7 Å². The van der Waals surface area contributed by atoms with Crippen molar-refractivity contribution in [1.29, 1.82) is 0 Å². The van der Waals surface area contributed by atoms with E-state index in [1.165, 1.54) is 0 Å². The molecule has 1 amide bonds. The van der Waals surface area contributed by atoms with Crippen molar-refractivity contribution in [1.82, 2.24) is 20.5 Å². The SMILES string of the molecule is CN=C(NCCc1nc(C(C)(C)C)cs1)NC1CCN(C(=O)C(C)C)CC1.I. The van der Waals surface area contributed by atoms with Crippen molar-refractivity contribution < 1.29 is 4.79 Å². The van der Waals surface area contributed by atoms with E-state index in [-0.39, 0.29) is 41.2 Å². The fourth-order valence-corrected chi connectivity index (χ4v) is 4.08. The summed E-state index contributed by atoms with van der Waals surface area (Å²) in [5.41, 5.74) is 1.26. The van der Waals surface area contributed by atoms with E-state index in [1.54, 1.807) is 18.4 Å². The zero-order chi connectivity index (χ0) is 20.0. The number of halogens is 1. The number of hydrogen-bond acceptors (Lipinski definition) is 4. The number of carbonyl (C=O) groups is 1. The molecule has 1 saturated heterocycles. The van der Waals surface area contributed by atoms with Gasteiger partial charge in [-0.05, 0) is 12.8 Å². The number of thiazole rings is 1. The molecule has 0 atom stereocenters. The smallest absolute Gasteiger partial charge is 0.225 e. The number of guanidine groups is 1. The maximum absolute atomic E-state index is 12.1. The van der Waals surface area contributed by atoms with Crippen LogP contribution in [0.15, 0.2) is 10.4 Å². The van der Waals surface area contributed by atoms with E-state index in [1.807, 2.05) is 18.7 Å². The van der Waals surface area contributed by atoms with E-state index in [0.717, 1.165) is 55.6 Å².